The van der Waals surface area contributed by atoms with Gasteiger partial charge in [0.15, 0.2) is 11.5 Å². The van der Waals surface area contributed by atoms with E-state index in [4.69, 9.17) is 28.4 Å². The number of nitrogens with zero attached hydrogens (tertiary/aromatic N) is 1. The molecule has 2 N–H and O–H groups in total. The zero-order valence-corrected chi connectivity index (χ0v) is 24.9. The van der Waals surface area contributed by atoms with Gasteiger partial charge in [0, 0.05) is 35.7 Å². The molecular weight excluding hydrogens is 550 g/mol. The lowest BCUT2D eigenvalue weighted by Gasteiger charge is -2.26. The second kappa shape index (κ2) is 13.4. The van der Waals surface area contributed by atoms with Crippen LogP contribution < -0.4 is 34.3 Å². The van der Waals surface area contributed by atoms with Crippen LogP contribution in [0.3, 0.4) is 0 Å². The Morgan fingerprint density at radius 1 is 0.902 bits per heavy atom. The van der Waals surface area contributed by atoms with Crippen LogP contribution in [0.5, 0.6) is 28.7 Å². The topological polar surface area (TPSA) is 117 Å². The van der Waals surface area contributed by atoms with Crippen LogP contribution in [0.4, 0.5) is 15.5 Å². The highest BCUT2D eigenvalue weighted by atomic mass is 32.1. The lowest BCUT2D eigenvalue weighted by molar-refractivity contribution is 0.102. The molecule has 41 heavy (non-hydrogen) atoms. The van der Waals surface area contributed by atoms with Crippen molar-refractivity contribution in [2.75, 3.05) is 59.3 Å². The Morgan fingerprint density at radius 2 is 1.61 bits per heavy atom. The molecule has 2 heterocycles. The van der Waals surface area contributed by atoms with Crippen molar-refractivity contribution in [2.45, 2.75) is 26.4 Å². The number of benzene rings is 2. The highest BCUT2D eigenvalue weighted by Crippen LogP contribution is 2.40. The fraction of sp³-hybridized carbons (Fsp3) is 0.379. The van der Waals surface area contributed by atoms with Crippen molar-refractivity contribution < 1.29 is 38.0 Å². The van der Waals surface area contributed by atoms with Crippen LogP contribution in [-0.4, -0.2) is 65.6 Å². The van der Waals surface area contributed by atoms with Gasteiger partial charge in [-0.3, -0.25) is 4.79 Å². The summed E-state index contributed by atoms with van der Waals surface area (Å²) < 4.78 is 32.5. The first kappa shape index (κ1) is 29.7. The largest absolute Gasteiger partial charge is 0.497 e. The molecule has 0 aliphatic carbocycles. The van der Waals surface area contributed by atoms with Gasteiger partial charge in [0.05, 0.1) is 60.0 Å². The Hall–Kier alpha value is -4.32. The van der Waals surface area contributed by atoms with Gasteiger partial charge < -0.3 is 44.0 Å². The van der Waals surface area contributed by atoms with Gasteiger partial charge in [0.25, 0.3) is 5.91 Å². The van der Waals surface area contributed by atoms with Gasteiger partial charge in [-0.15, -0.1) is 11.3 Å². The van der Waals surface area contributed by atoms with Crippen LogP contribution in [0.25, 0.3) is 0 Å². The van der Waals surface area contributed by atoms with E-state index in [9.17, 15) is 9.59 Å². The third-order valence-electron chi connectivity index (χ3n) is 6.69. The predicted molar refractivity (Wildman–Crippen MR) is 156 cm³/mol. The van der Waals surface area contributed by atoms with E-state index in [1.165, 1.54) is 18.4 Å². The predicted octanol–water partition coefficient (Wildman–Crippen LogP) is 5.17. The van der Waals surface area contributed by atoms with E-state index in [1.54, 1.807) is 64.5 Å². The molecule has 0 saturated heterocycles. The van der Waals surface area contributed by atoms with E-state index in [0.717, 1.165) is 16.0 Å². The van der Waals surface area contributed by atoms with E-state index >= 15 is 0 Å². The molecule has 2 aromatic carbocycles. The Kier molecular flexibility index (Phi) is 9.66. The van der Waals surface area contributed by atoms with Gasteiger partial charge in [-0.05, 0) is 37.1 Å². The molecule has 11 nitrogen and oxygen atoms in total. The molecule has 1 aromatic heterocycles. The quantitative estimate of drug-likeness (QED) is 0.314. The monoisotopic (exact) mass is 585 g/mol. The Labute approximate surface area is 243 Å². The highest BCUT2D eigenvalue weighted by molar-refractivity contribution is 7.16. The zero-order valence-electron chi connectivity index (χ0n) is 24.0. The van der Waals surface area contributed by atoms with Crippen molar-refractivity contribution in [3.05, 3.63) is 51.9 Å². The number of fused-ring (bicyclic) bond motifs is 1. The summed E-state index contributed by atoms with van der Waals surface area (Å²) in [6.45, 7) is 3.20. The fourth-order valence-corrected chi connectivity index (χ4v) is 5.90. The van der Waals surface area contributed by atoms with Gasteiger partial charge >= 0.3 is 6.09 Å². The molecule has 0 radical (unpaired) electrons. The molecule has 0 spiro atoms. The minimum absolute atomic E-state index is 0.294. The number of hydrogen-bond donors (Lipinski definition) is 2. The van der Waals surface area contributed by atoms with E-state index in [-0.39, 0.29) is 12.0 Å². The third kappa shape index (κ3) is 6.37. The summed E-state index contributed by atoms with van der Waals surface area (Å²) in [6.07, 6.45) is 0.132. The van der Waals surface area contributed by atoms with Gasteiger partial charge in [0.1, 0.15) is 22.2 Å². The molecule has 1 aliphatic heterocycles. The Morgan fingerprint density at radius 3 is 2.27 bits per heavy atom. The molecule has 2 amide bonds. The Balaban J connectivity index is 1.70. The molecule has 4 rings (SSSR count). The molecule has 3 aromatic rings. The number of ether oxygens (including phenoxy) is 6. The second-order valence-electron chi connectivity index (χ2n) is 8.97. The van der Waals surface area contributed by atoms with Crippen LogP contribution in [0, 0.1) is 0 Å². The summed E-state index contributed by atoms with van der Waals surface area (Å²) in [6, 6.07) is 8.79. The number of methoxy groups -OCH3 is 5. The summed E-state index contributed by atoms with van der Waals surface area (Å²) >= 11 is 1.43. The van der Waals surface area contributed by atoms with Crippen molar-refractivity contribution >= 4 is 34.0 Å². The smallest absolute Gasteiger partial charge is 0.410 e. The van der Waals surface area contributed by atoms with Crippen molar-refractivity contribution in [2.24, 2.45) is 0 Å². The maximum Gasteiger partial charge on any atom is 0.410 e. The van der Waals surface area contributed by atoms with Crippen molar-refractivity contribution in [3.8, 4) is 28.7 Å². The zero-order chi connectivity index (χ0) is 29.5. The number of carbonyl (C=O) groups excluding carboxylic acids is 2. The summed E-state index contributed by atoms with van der Waals surface area (Å²) in [5.74, 6) is 2.49. The summed E-state index contributed by atoms with van der Waals surface area (Å²) in [7, 11) is 7.81. The fourth-order valence-electron chi connectivity index (χ4n) is 4.64. The van der Waals surface area contributed by atoms with Crippen molar-refractivity contribution in [3.63, 3.8) is 0 Å². The lowest BCUT2D eigenvalue weighted by atomic mass is 10.0. The first-order valence-corrected chi connectivity index (χ1v) is 13.8. The number of hydrogen-bond acceptors (Lipinski definition) is 10. The normalized spacial score (nSPS) is 12.2. The van der Waals surface area contributed by atoms with E-state index in [1.807, 2.05) is 6.07 Å². The van der Waals surface area contributed by atoms with Gasteiger partial charge in [-0.25, -0.2) is 4.79 Å². The summed E-state index contributed by atoms with van der Waals surface area (Å²) in [5.41, 5.74) is 2.69. The first-order chi connectivity index (χ1) is 19.9. The van der Waals surface area contributed by atoms with Crippen LogP contribution in [0.2, 0.25) is 0 Å². The molecule has 0 unspecified atom stereocenters. The van der Waals surface area contributed by atoms with Crippen LogP contribution >= 0.6 is 11.3 Å². The minimum atomic E-state index is -0.372. The number of carbonyl (C=O) groups is 2. The van der Waals surface area contributed by atoms with E-state index < -0.39 is 0 Å². The van der Waals surface area contributed by atoms with Gasteiger partial charge in [-0.2, -0.15) is 0 Å². The average molecular weight is 586 g/mol. The number of rotatable bonds is 11. The van der Waals surface area contributed by atoms with Crippen molar-refractivity contribution in [1.82, 2.24) is 4.90 Å². The number of anilines is 2. The molecule has 0 fully saturated rings. The molecule has 0 saturated carbocycles. The summed E-state index contributed by atoms with van der Waals surface area (Å²) in [4.78, 5) is 28.9. The van der Waals surface area contributed by atoms with Crippen molar-refractivity contribution in [1.29, 1.82) is 0 Å². The first-order valence-electron chi connectivity index (χ1n) is 13.0. The van der Waals surface area contributed by atoms with Gasteiger partial charge in [0.2, 0.25) is 0 Å². The molecular formula is C29H35N3O8S. The van der Waals surface area contributed by atoms with Crippen LogP contribution in [0.15, 0.2) is 30.3 Å². The number of amides is 2. The number of thiophene rings is 1. The molecule has 1 aliphatic rings. The van der Waals surface area contributed by atoms with Crippen LogP contribution in [-0.2, 0) is 24.2 Å². The number of nitrogens with one attached hydrogen (secondary N) is 2. The molecule has 220 valence electrons. The molecule has 12 heteroatoms. The van der Waals surface area contributed by atoms with E-state index in [2.05, 4.69) is 10.6 Å². The maximum atomic E-state index is 13.9. The third-order valence-corrected chi connectivity index (χ3v) is 7.87. The van der Waals surface area contributed by atoms with Crippen LogP contribution in [0.1, 0.15) is 33.3 Å². The summed E-state index contributed by atoms with van der Waals surface area (Å²) in [5, 5.41) is 7.09. The Bertz CT molecular complexity index is 1410. The van der Waals surface area contributed by atoms with E-state index in [0.29, 0.717) is 77.7 Å². The second-order valence-corrected chi connectivity index (χ2v) is 10.1. The highest BCUT2D eigenvalue weighted by Gasteiger charge is 2.31. The molecule has 0 atom stereocenters. The minimum Gasteiger partial charge on any atom is -0.497 e. The molecule has 0 bridgehead atoms. The SMILES string of the molecule is CCOC(=O)N1CCc2c(sc(NCc3cc(OC)c(OC)cc3OC)c2C(=O)Nc2cc(OC)ccc2OC)C1. The lowest BCUT2D eigenvalue weighted by Crippen LogP contribution is -2.36. The maximum absolute atomic E-state index is 13.9. The average Bonchev–Trinajstić information content (AvgIpc) is 3.37. The standard InChI is InChI=1S/C29H35N3O8S/c1-7-40-29(34)32-11-10-19-25(16-32)41-28(30-15-17-12-23(38-5)24(39-6)14-22(17)37-4)26(19)27(33)31-20-13-18(35-2)8-9-21(20)36-3/h8-9,12-14,30H,7,10-11,15-16H2,1-6H3,(H,31,33). The van der Waals surface area contributed by atoms with Gasteiger partial charge in [-0.1, -0.05) is 0 Å².